The number of nitrogens with zero attached hydrogens (tertiary/aromatic N) is 4. The SMILES string of the molecule is CC(C)(C)c1nsc(NC(=O)N2CCCN(C3CCCC3)CC2)n1. The van der Waals surface area contributed by atoms with E-state index in [0.717, 1.165) is 44.5 Å². The van der Waals surface area contributed by atoms with E-state index in [2.05, 4.69) is 40.3 Å². The number of rotatable bonds is 2. The molecule has 1 aliphatic carbocycles. The molecule has 0 unspecified atom stereocenters. The van der Waals surface area contributed by atoms with Gasteiger partial charge in [0.05, 0.1) is 0 Å². The third-order valence-electron chi connectivity index (χ3n) is 4.97. The van der Waals surface area contributed by atoms with Crippen molar-refractivity contribution in [3.8, 4) is 0 Å². The molecule has 1 saturated carbocycles. The molecule has 6 nitrogen and oxygen atoms in total. The van der Waals surface area contributed by atoms with Gasteiger partial charge in [-0.05, 0) is 19.3 Å². The molecule has 0 aromatic carbocycles. The molecule has 0 spiro atoms. The van der Waals surface area contributed by atoms with Gasteiger partial charge in [-0.2, -0.15) is 4.37 Å². The van der Waals surface area contributed by atoms with Gasteiger partial charge in [0.15, 0.2) is 0 Å². The monoisotopic (exact) mass is 351 g/mol. The number of nitrogens with one attached hydrogen (secondary N) is 1. The van der Waals surface area contributed by atoms with Gasteiger partial charge in [0, 0.05) is 49.2 Å². The molecule has 2 fully saturated rings. The van der Waals surface area contributed by atoms with Gasteiger partial charge in [-0.3, -0.25) is 10.2 Å². The van der Waals surface area contributed by atoms with Gasteiger partial charge in [0.1, 0.15) is 5.82 Å². The predicted molar refractivity (Wildman–Crippen MR) is 97.6 cm³/mol. The first-order chi connectivity index (χ1) is 11.4. The first-order valence-corrected chi connectivity index (χ1v) is 9.85. The molecule has 3 rings (SSSR count). The Morgan fingerprint density at radius 3 is 2.54 bits per heavy atom. The van der Waals surface area contributed by atoms with Crippen molar-refractivity contribution in [3.05, 3.63) is 5.82 Å². The molecule has 2 heterocycles. The summed E-state index contributed by atoms with van der Waals surface area (Å²) in [6.07, 6.45) is 6.42. The highest BCUT2D eigenvalue weighted by Gasteiger charge is 2.27. The highest BCUT2D eigenvalue weighted by molar-refractivity contribution is 7.09. The zero-order chi connectivity index (χ0) is 17.2. The van der Waals surface area contributed by atoms with Gasteiger partial charge in [-0.1, -0.05) is 33.6 Å². The lowest BCUT2D eigenvalue weighted by atomic mass is 9.96. The van der Waals surface area contributed by atoms with Crippen LogP contribution in [0.15, 0.2) is 0 Å². The molecule has 1 aromatic rings. The molecule has 7 heteroatoms. The molecule has 1 saturated heterocycles. The van der Waals surface area contributed by atoms with E-state index in [1.165, 1.54) is 37.2 Å². The maximum Gasteiger partial charge on any atom is 0.323 e. The van der Waals surface area contributed by atoms with E-state index in [4.69, 9.17) is 0 Å². The summed E-state index contributed by atoms with van der Waals surface area (Å²) in [6, 6.07) is 0.699. The van der Waals surface area contributed by atoms with E-state index in [0.29, 0.717) is 5.13 Å². The summed E-state index contributed by atoms with van der Waals surface area (Å²) in [4.78, 5) is 21.5. The van der Waals surface area contributed by atoms with Crippen molar-refractivity contribution in [1.29, 1.82) is 0 Å². The van der Waals surface area contributed by atoms with Crippen molar-refractivity contribution in [2.45, 2.75) is 64.3 Å². The number of carbonyl (C=O) groups excluding carboxylic acids is 1. The van der Waals surface area contributed by atoms with Crippen LogP contribution in [0.3, 0.4) is 0 Å². The minimum absolute atomic E-state index is 0.0418. The Kier molecular flexibility index (Phi) is 5.39. The zero-order valence-electron chi connectivity index (χ0n) is 15.0. The van der Waals surface area contributed by atoms with Crippen LogP contribution in [0.4, 0.5) is 9.93 Å². The van der Waals surface area contributed by atoms with E-state index >= 15 is 0 Å². The molecule has 24 heavy (non-hydrogen) atoms. The Morgan fingerprint density at radius 1 is 1.12 bits per heavy atom. The summed E-state index contributed by atoms with van der Waals surface area (Å²) in [5.41, 5.74) is -0.0934. The van der Waals surface area contributed by atoms with Crippen LogP contribution in [0.5, 0.6) is 0 Å². The third-order valence-corrected chi connectivity index (χ3v) is 5.60. The molecule has 0 radical (unpaired) electrons. The van der Waals surface area contributed by atoms with Crippen LogP contribution in [-0.4, -0.2) is 57.4 Å². The van der Waals surface area contributed by atoms with Gasteiger partial charge in [-0.25, -0.2) is 9.78 Å². The summed E-state index contributed by atoms with van der Waals surface area (Å²) >= 11 is 1.26. The number of carbonyl (C=O) groups is 1. The summed E-state index contributed by atoms with van der Waals surface area (Å²) < 4.78 is 4.36. The van der Waals surface area contributed by atoms with Gasteiger partial charge < -0.3 is 4.90 Å². The fourth-order valence-electron chi connectivity index (χ4n) is 3.52. The van der Waals surface area contributed by atoms with Crippen LogP contribution < -0.4 is 5.32 Å². The minimum atomic E-state index is -0.0934. The predicted octanol–water partition coefficient (Wildman–Crippen LogP) is 3.32. The Hall–Kier alpha value is -1.21. The first-order valence-electron chi connectivity index (χ1n) is 9.07. The van der Waals surface area contributed by atoms with E-state index in [9.17, 15) is 4.79 Å². The molecule has 0 bridgehead atoms. The quantitative estimate of drug-likeness (QED) is 0.888. The second-order valence-corrected chi connectivity index (χ2v) is 8.67. The van der Waals surface area contributed by atoms with E-state index < -0.39 is 0 Å². The van der Waals surface area contributed by atoms with Gasteiger partial charge in [0.2, 0.25) is 5.13 Å². The average molecular weight is 352 g/mol. The fourth-order valence-corrected chi connectivity index (χ4v) is 4.27. The van der Waals surface area contributed by atoms with Crippen molar-refractivity contribution in [3.63, 3.8) is 0 Å². The fraction of sp³-hybridized carbons (Fsp3) is 0.824. The minimum Gasteiger partial charge on any atom is -0.323 e. The maximum atomic E-state index is 12.5. The summed E-state index contributed by atoms with van der Waals surface area (Å²) in [5.74, 6) is 0.783. The highest BCUT2D eigenvalue weighted by Crippen LogP contribution is 2.25. The largest absolute Gasteiger partial charge is 0.323 e. The second kappa shape index (κ2) is 7.35. The molecule has 1 aliphatic heterocycles. The number of hydrogen-bond acceptors (Lipinski definition) is 5. The normalized spacial score (nSPS) is 21.0. The van der Waals surface area contributed by atoms with Crippen LogP contribution in [0.1, 0.15) is 58.7 Å². The highest BCUT2D eigenvalue weighted by atomic mass is 32.1. The van der Waals surface area contributed by atoms with Gasteiger partial charge in [0.25, 0.3) is 0 Å². The molecule has 2 amide bonds. The lowest BCUT2D eigenvalue weighted by Crippen LogP contribution is -2.40. The Labute approximate surface area is 148 Å². The van der Waals surface area contributed by atoms with Gasteiger partial charge in [-0.15, -0.1) is 0 Å². The van der Waals surface area contributed by atoms with Crippen LogP contribution in [0.25, 0.3) is 0 Å². The smallest absolute Gasteiger partial charge is 0.323 e. The Bertz CT molecular complexity index is 562. The van der Waals surface area contributed by atoms with Crippen molar-refractivity contribution >= 4 is 22.7 Å². The zero-order valence-corrected chi connectivity index (χ0v) is 15.9. The van der Waals surface area contributed by atoms with Crippen LogP contribution in [-0.2, 0) is 5.41 Å². The molecule has 1 aromatic heterocycles. The Morgan fingerprint density at radius 2 is 1.88 bits per heavy atom. The number of hydrogen-bond donors (Lipinski definition) is 1. The average Bonchev–Trinajstić information content (AvgIpc) is 3.15. The standard InChI is InChI=1S/C17H29N5OS/c1-17(2,3)14-18-15(24-20-14)19-16(23)22-10-6-9-21(11-12-22)13-7-4-5-8-13/h13H,4-12H2,1-3H3,(H,18,19,20,23). The Balaban J connectivity index is 1.54. The maximum absolute atomic E-state index is 12.5. The van der Waals surface area contributed by atoms with Gasteiger partial charge >= 0.3 is 6.03 Å². The summed E-state index contributed by atoms with van der Waals surface area (Å²) in [7, 11) is 0. The molecule has 2 aliphatic rings. The number of anilines is 1. The number of aromatic nitrogens is 2. The second-order valence-electron chi connectivity index (χ2n) is 7.92. The van der Waals surface area contributed by atoms with Crippen molar-refractivity contribution in [2.75, 3.05) is 31.5 Å². The van der Waals surface area contributed by atoms with Crippen LogP contribution >= 0.6 is 11.5 Å². The van der Waals surface area contributed by atoms with Crippen LogP contribution in [0, 0.1) is 0 Å². The van der Waals surface area contributed by atoms with Crippen molar-refractivity contribution < 1.29 is 4.79 Å². The van der Waals surface area contributed by atoms with E-state index in [1.807, 2.05) is 4.90 Å². The molecular weight excluding hydrogens is 322 g/mol. The topological polar surface area (TPSA) is 61.4 Å². The molecule has 1 N–H and O–H groups in total. The van der Waals surface area contributed by atoms with Crippen molar-refractivity contribution in [1.82, 2.24) is 19.2 Å². The van der Waals surface area contributed by atoms with E-state index in [1.54, 1.807) is 0 Å². The summed E-state index contributed by atoms with van der Waals surface area (Å²) in [5, 5.41) is 3.53. The number of urea groups is 1. The lowest BCUT2D eigenvalue weighted by Gasteiger charge is -2.27. The summed E-state index contributed by atoms with van der Waals surface area (Å²) in [6.45, 7) is 9.95. The van der Waals surface area contributed by atoms with E-state index in [-0.39, 0.29) is 11.4 Å². The van der Waals surface area contributed by atoms with Crippen molar-refractivity contribution in [2.24, 2.45) is 0 Å². The van der Waals surface area contributed by atoms with Crippen LogP contribution in [0.2, 0.25) is 0 Å². The molecule has 134 valence electrons. The lowest BCUT2D eigenvalue weighted by molar-refractivity contribution is 0.195. The number of amides is 2. The third kappa shape index (κ3) is 4.25. The first kappa shape index (κ1) is 17.6. The molecular formula is C17H29N5OS. The molecule has 0 atom stereocenters.